The summed E-state index contributed by atoms with van der Waals surface area (Å²) in [5.41, 5.74) is 0.456. The van der Waals surface area contributed by atoms with Crippen molar-refractivity contribution in [2.75, 3.05) is 13.6 Å². The first-order valence-corrected chi connectivity index (χ1v) is 5.98. The summed E-state index contributed by atoms with van der Waals surface area (Å²) in [5.74, 6) is -0.396. The van der Waals surface area contributed by atoms with Crippen LogP contribution in [0.15, 0.2) is 30.3 Å². The SMILES string of the molecule is CNCCC(=O)NC(CC(F)(F)F)c1ccccc1.Cl. The molecule has 1 aromatic rings. The Balaban J connectivity index is 0.00000361. The monoisotopic (exact) mass is 310 g/mol. The van der Waals surface area contributed by atoms with Crippen LogP contribution < -0.4 is 10.6 Å². The highest BCUT2D eigenvalue weighted by atomic mass is 35.5. The van der Waals surface area contributed by atoms with Gasteiger partial charge in [-0.25, -0.2) is 0 Å². The average molecular weight is 311 g/mol. The van der Waals surface area contributed by atoms with Gasteiger partial charge >= 0.3 is 6.18 Å². The Bertz CT molecular complexity index is 398. The van der Waals surface area contributed by atoms with Gasteiger partial charge in [-0.2, -0.15) is 13.2 Å². The Labute approximate surface area is 122 Å². The van der Waals surface area contributed by atoms with Crippen molar-refractivity contribution in [1.29, 1.82) is 0 Å². The number of rotatable bonds is 6. The standard InChI is InChI=1S/C13H17F3N2O.ClH/c1-17-8-7-12(19)18-11(9-13(14,15)16)10-5-3-2-4-6-10;/h2-6,11,17H,7-9H2,1H3,(H,18,19);1H. The highest BCUT2D eigenvalue weighted by molar-refractivity contribution is 5.85. The van der Waals surface area contributed by atoms with E-state index in [2.05, 4.69) is 10.6 Å². The lowest BCUT2D eigenvalue weighted by atomic mass is 10.0. The van der Waals surface area contributed by atoms with Crippen molar-refractivity contribution < 1.29 is 18.0 Å². The van der Waals surface area contributed by atoms with E-state index in [1.54, 1.807) is 37.4 Å². The molecule has 0 aliphatic rings. The Kier molecular flexibility index (Phi) is 8.25. The fourth-order valence-electron chi connectivity index (χ4n) is 1.67. The topological polar surface area (TPSA) is 41.1 Å². The summed E-state index contributed by atoms with van der Waals surface area (Å²) in [7, 11) is 1.68. The molecule has 1 aromatic carbocycles. The third-order valence-electron chi connectivity index (χ3n) is 2.57. The van der Waals surface area contributed by atoms with E-state index in [1.165, 1.54) is 0 Å². The number of amides is 1. The van der Waals surface area contributed by atoms with Crippen molar-refractivity contribution in [2.45, 2.75) is 25.1 Å². The summed E-state index contributed by atoms with van der Waals surface area (Å²) in [5, 5.41) is 5.20. The summed E-state index contributed by atoms with van der Waals surface area (Å²) < 4.78 is 37.6. The van der Waals surface area contributed by atoms with Crippen molar-refractivity contribution in [1.82, 2.24) is 10.6 Å². The molecule has 0 saturated heterocycles. The lowest BCUT2D eigenvalue weighted by Gasteiger charge is -2.20. The Morgan fingerprint density at radius 1 is 1.25 bits per heavy atom. The molecule has 1 atom stereocenters. The molecule has 2 N–H and O–H groups in total. The van der Waals surface area contributed by atoms with Gasteiger partial charge in [0.15, 0.2) is 0 Å². The van der Waals surface area contributed by atoms with Crippen LogP contribution in [0.5, 0.6) is 0 Å². The number of hydrogen-bond acceptors (Lipinski definition) is 2. The molecule has 0 bridgehead atoms. The summed E-state index contributed by atoms with van der Waals surface area (Å²) >= 11 is 0. The maximum atomic E-state index is 12.5. The zero-order valence-electron chi connectivity index (χ0n) is 11.0. The maximum Gasteiger partial charge on any atom is 0.391 e. The molecule has 0 aliphatic heterocycles. The minimum atomic E-state index is -4.32. The summed E-state index contributed by atoms with van der Waals surface area (Å²) in [6.45, 7) is 0.430. The van der Waals surface area contributed by atoms with Crippen molar-refractivity contribution in [2.24, 2.45) is 0 Å². The molecule has 0 aromatic heterocycles. The first-order chi connectivity index (χ1) is 8.92. The number of hydrogen-bond donors (Lipinski definition) is 2. The molecule has 1 unspecified atom stereocenters. The van der Waals surface area contributed by atoms with Crippen molar-refractivity contribution in [3.05, 3.63) is 35.9 Å². The number of carbonyl (C=O) groups is 1. The van der Waals surface area contributed by atoms with Gasteiger partial charge in [0.25, 0.3) is 0 Å². The van der Waals surface area contributed by atoms with Crippen LogP contribution in [-0.2, 0) is 4.79 Å². The Morgan fingerprint density at radius 2 is 1.85 bits per heavy atom. The zero-order valence-corrected chi connectivity index (χ0v) is 11.9. The highest BCUT2D eigenvalue weighted by Gasteiger charge is 2.33. The van der Waals surface area contributed by atoms with Crippen LogP contribution in [0.25, 0.3) is 0 Å². The van der Waals surface area contributed by atoms with Gasteiger partial charge in [-0.3, -0.25) is 4.79 Å². The van der Waals surface area contributed by atoms with E-state index >= 15 is 0 Å². The second-order valence-electron chi connectivity index (χ2n) is 4.20. The minimum Gasteiger partial charge on any atom is -0.349 e. The van der Waals surface area contributed by atoms with Gasteiger partial charge in [-0.1, -0.05) is 30.3 Å². The number of alkyl halides is 3. The molecule has 0 saturated carbocycles. The lowest BCUT2D eigenvalue weighted by molar-refractivity contribution is -0.142. The van der Waals surface area contributed by atoms with E-state index in [1.807, 2.05) is 0 Å². The Hall–Kier alpha value is -1.27. The quantitative estimate of drug-likeness (QED) is 0.848. The normalized spacial score (nSPS) is 12.4. The van der Waals surface area contributed by atoms with E-state index in [-0.39, 0.29) is 18.8 Å². The first-order valence-electron chi connectivity index (χ1n) is 5.98. The maximum absolute atomic E-state index is 12.5. The van der Waals surface area contributed by atoms with Gasteiger partial charge in [-0.15, -0.1) is 12.4 Å². The molecule has 1 amide bonds. The molecule has 20 heavy (non-hydrogen) atoms. The van der Waals surface area contributed by atoms with Crippen LogP contribution in [0, 0.1) is 0 Å². The van der Waals surface area contributed by atoms with Gasteiger partial charge in [0.2, 0.25) is 5.91 Å². The molecule has 3 nitrogen and oxygen atoms in total. The number of benzene rings is 1. The highest BCUT2D eigenvalue weighted by Crippen LogP contribution is 2.29. The summed E-state index contributed by atoms with van der Waals surface area (Å²) in [6, 6.07) is 7.14. The summed E-state index contributed by atoms with van der Waals surface area (Å²) in [6.07, 6.45) is -5.24. The molecule has 114 valence electrons. The van der Waals surface area contributed by atoms with Gasteiger partial charge < -0.3 is 10.6 Å². The predicted molar refractivity (Wildman–Crippen MR) is 73.8 cm³/mol. The third-order valence-corrected chi connectivity index (χ3v) is 2.57. The fourth-order valence-corrected chi connectivity index (χ4v) is 1.67. The van der Waals surface area contributed by atoms with Crippen LogP contribution in [0.3, 0.4) is 0 Å². The van der Waals surface area contributed by atoms with Gasteiger partial charge in [0, 0.05) is 13.0 Å². The van der Waals surface area contributed by atoms with Gasteiger partial charge in [0.05, 0.1) is 12.5 Å². The predicted octanol–water partition coefficient (Wildman–Crippen LogP) is 2.83. The smallest absolute Gasteiger partial charge is 0.349 e. The number of carbonyl (C=O) groups excluding carboxylic acids is 1. The van der Waals surface area contributed by atoms with Crippen molar-refractivity contribution in [3.63, 3.8) is 0 Å². The second-order valence-corrected chi connectivity index (χ2v) is 4.20. The number of halogens is 4. The largest absolute Gasteiger partial charge is 0.391 e. The van der Waals surface area contributed by atoms with Crippen LogP contribution >= 0.6 is 12.4 Å². The Morgan fingerprint density at radius 3 is 2.35 bits per heavy atom. The molecule has 0 heterocycles. The second kappa shape index (κ2) is 8.81. The lowest BCUT2D eigenvalue weighted by Crippen LogP contribution is -2.33. The third kappa shape index (κ3) is 7.35. The van der Waals surface area contributed by atoms with Crippen LogP contribution in [0.1, 0.15) is 24.4 Å². The van der Waals surface area contributed by atoms with Gasteiger partial charge in [-0.05, 0) is 12.6 Å². The van der Waals surface area contributed by atoms with E-state index in [9.17, 15) is 18.0 Å². The van der Waals surface area contributed by atoms with Crippen molar-refractivity contribution in [3.8, 4) is 0 Å². The molecule has 0 radical (unpaired) electrons. The fraction of sp³-hybridized carbons (Fsp3) is 0.462. The van der Waals surface area contributed by atoms with Gasteiger partial charge in [0.1, 0.15) is 0 Å². The van der Waals surface area contributed by atoms with Crippen LogP contribution in [-0.4, -0.2) is 25.7 Å². The molecule has 7 heteroatoms. The molecule has 1 rings (SSSR count). The van der Waals surface area contributed by atoms with E-state index in [4.69, 9.17) is 0 Å². The molecule has 0 aliphatic carbocycles. The van der Waals surface area contributed by atoms with E-state index in [0.717, 1.165) is 0 Å². The van der Waals surface area contributed by atoms with Crippen LogP contribution in [0.4, 0.5) is 13.2 Å². The average Bonchev–Trinajstić information content (AvgIpc) is 2.35. The van der Waals surface area contributed by atoms with E-state index in [0.29, 0.717) is 12.1 Å². The first kappa shape index (κ1) is 18.7. The summed E-state index contributed by atoms with van der Waals surface area (Å²) in [4.78, 5) is 11.6. The van der Waals surface area contributed by atoms with E-state index < -0.39 is 24.5 Å². The molecule has 0 spiro atoms. The molecular formula is C13H18ClF3N2O. The minimum absolute atomic E-state index is 0. The van der Waals surface area contributed by atoms with Crippen molar-refractivity contribution >= 4 is 18.3 Å². The van der Waals surface area contributed by atoms with Crippen LogP contribution in [0.2, 0.25) is 0 Å². The zero-order chi connectivity index (χ0) is 14.3. The molecular weight excluding hydrogens is 293 g/mol. The molecule has 0 fully saturated rings. The number of nitrogens with one attached hydrogen (secondary N) is 2.